The van der Waals surface area contributed by atoms with Crippen LogP contribution in [0, 0.1) is 0 Å². The second kappa shape index (κ2) is 5.97. The van der Waals surface area contributed by atoms with Crippen LogP contribution in [0.1, 0.15) is 10.4 Å². The fraction of sp³-hybridized carbons (Fsp3) is 0.333. The molecule has 0 unspecified atom stereocenters. The van der Waals surface area contributed by atoms with Crippen LogP contribution in [0.2, 0.25) is 0 Å². The molecule has 1 saturated heterocycles. The quantitative estimate of drug-likeness (QED) is 0.886. The van der Waals surface area contributed by atoms with Crippen LogP contribution in [0.15, 0.2) is 36.7 Å². The molecule has 1 aromatic carbocycles. The molecule has 1 aliphatic rings. The molecule has 1 amide bonds. The number of nitrogens with one attached hydrogen (secondary N) is 2. The summed E-state index contributed by atoms with van der Waals surface area (Å²) in [5, 5.41) is 10.2. The average Bonchev–Trinajstić information content (AvgIpc) is 2.96. The molecule has 21 heavy (non-hydrogen) atoms. The van der Waals surface area contributed by atoms with Gasteiger partial charge in [0.05, 0.1) is 11.8 Å². The van der Waals surface area contributed by atoms with E-state index < -0.39 is 0 Å². The Balaban J connectivity index is 1.65. The molecule has 1 fully saturated rings. The van der Waals surface area contributed by atoms with Crippen LogP contribution >= 0.6 is 0 Å². The topological polar surface area (TPSA) is 62.2 Å². The summed E-state index contributed by atoms with van der Waals surface area (Å²) >= 11 is 0. The van der Waals surface area contributed by atoms with Crippen molar-refractivity contribution in [2.45, 2.75) is 0 Å². The molecule has 0 spiro atoms. The van der Waals surface area contributed by atoms with Crippen LogP contribution in [0.25, 0.3) is 0 Å². The molecule has 1 aliphatic heterocycles. The maximum atomic E-state index is 12.0. The largest absolute Gasteiger partial charge is 0.369 e. The summed E-state index contributed by atoms with van der Waals surface area (Å²) in [7, 11) is 1.79. The van der Waals surface area contributed by atoms with Crippen molar-refractivity contribution in [2.75, 3.05) is 36.4 Å². The van der Waals surface area contributed by atoms with Crippen LogP contribution in [-0.2, 0) is 7.05 Å². The Hall–Kier alpha value is -2.34. The number of benzene rings is 1. The van der Waals surface area contributed by atoms with E-state index in [2.05, 4.69) is 20.6 Å². The van der Waals surface area contributed by atoms with Crippen molar-refractivity contribution in [3.05, 3.63) is 42.2 Å². The van der Waals surface area contributed by atoms with Gasteiger partial charge < -0.3 is 15.5 Å². The molecule has 2 aromatic rings. The smallest absolute Gasteiger partial charge is 0.258 e. The van der Waals surface area contributed by atoms with Gasteiger partial charge in [-0.15, -0.1) is 0 Å². The first-order valence-electron chi connectivity index (χ1n) is 7.08. The Bertz CT molecular complexity index is 613. The Morgan fingerprint density at radius 3 is 2.57 bits per heavy atom. The Labute approximate surface area is 123 Å². The lowest BCUT2D eigenvalue weighted by molar-refractivity contribution is 0.102. The molecule has 6 nitrogen and oxygen atoms in total. The number of nitrogens with zero attached hydrogens (tertiary/aromatic N) is 3. The lowest BCUT2D eigenvalue weighted by Gasteiger charge is -2.29. The van der Waals surface area contributed by atoms with E-state index in [-0.39, 0.29) is 5.91 Å². The molecule has 0 bridgehead atoms. The van der Waals surface area contributed by atoms with Crippen LogP contribution in [0.4, 0.5) is 11.4 Å². The van der Waals surface area contributed by atoms with E-state index in [1.54, 1.807) is 24.1 Å². The maximum absolute atomic E-state index is 12.0. The lowest BCUT2D eigenvalue weighted by Crippen LogP contribution is -2.43. The number of hydrogen-bond donors (Lipinski definition) is 2. The summed E-state index contributed by atoms with van der Waals surface area (Å²) in [6, 6.07) is 7.96. The molecule has 2 N–H and O–H groups in total. The summed E-state index contributed by atoms with van der Waals surface area (Å²) in [6.07, 6.45) is 3.26. The van der Waals surface area contributed by atoms with Crippen molar-refractivity contribution < 1.29 is 4.79 Å². The van der Waals surface area contributed by atoms with Crippen LogP contribution in [0.5, 0.6) is 0 Å². The van der Waals surface area contributed by atoms with Gasteiger partial charge >= 0.3 is 0 Å². The zero-order chi connectivity index (χ0) is 14.7. The number of rotatable bonds is 3. The molecule has 0 atom stereocenters. The monoisotopic (exact) mass is 285 g/mol. The first kappa shape index (κ1) is 13.6. The predicted octanol–water partition coefficient (Wildman–Crippen LogP) is 1.08. The van der Waals surface area contributed by atoms with E-state index in [0.29, 0.717) is 5.56 Å². The molecule has 2 heterocycles. The number of hydrogen-bond acceptors (Lipinski definition) is 4. The Morgan fingerprint density at radius 1 is 1.24 bits per heavy atom. The zero-order valence-corrected chi connectivity index (χ0v) is 12.0. The van der Waals surface area contributed by atoms with Crippen molar-refractivity contribution in [1.29, 1.82) is 0 Å². The summed E-state index contributed by atoms with van der Waals surface area (Å²) < 4.78 is 1.61. The Kier molecular flexibility index (Phi) is 3.87. The SMILES string of the molecule is Cn1cc(C(=O)Nc2ccc(N3CCNCC3)cc2)cn1. The highest BCUT2D eigenvalue weighted by Gasteiger charge is 2.11. The van der Waals surface area contributed by atoms with E-state index in [1.165, 1.54) is 5.69 Å². The van der Waals surface area contributed by atoms with Crippen molar-refractivity contribution in [3.63, 3.8) is 0 Å². The third-order valence-corrected chi connectivity index (χ3v) is 3.57. The normalized spacial score (nSPS) is 15.0. The van der Waals surface area contributed by atoms with E-state index in [1.807, 2.05) is 24.3 Å². The van der Waals surface area contributed by atoms with Crippen molar-refractivity contribution >= 4 is 17.3 Å². The Morgan fingerprint density at radius 2 is 1.95 bits per heavy atom. The molecule has 0 aliphatic carbocycles. The van der Waals surface area contributed by atoms with E-state index in [0.717, 1.165) is 31.9 Å². The summed E-state index contributed by atoms with van der Waals surface area (Å²) in [4.78, 5) is 14.4. The predicted molar refractivity (Wildman–Crippen MR) is 82.7 cm³/mol. The van der Waals surface area contributed by atoms with Gasteiger partial charge in [-0.25, -0.2) is 0 Å². The minimum atomic E-state index is -0.141. The van der Waals surface area contributed by atoms with Gasteiger partial charge in [-0.2, -0.15) is 5.10 Å². The van der Waals surface area contributed by atoms with Gasteiger partial charge in [0.25, 0.3) is 5.91 Å². The molecule has 1 aromatic heterocycles. The fourth-order valence-corrected chi connectivity index (χ4v) is 2.42. The first-order valence-corrected chi connectivity index (χ1v) is 7.08. The number of carbonyl (C=O) groups excluding carboxylic acids is 1. The third-order valence-electron chi connectivity index (χ3n) is 3.57. The van der Waals surface area contributed by atoms with Gasteiger partial charge in [0.15, 0.2) is 0 Å². The van der Waals surface area contributed by atoms with Crippen molar-refractivity contribution in [3.8, 4) is 0 Å². The van der Waals surface area contributed by atoms with E-state index in [4.69, 9.17) is 0 Å². The molecule has 0 radical (unpaired) electrons. The van der Waals surface area contributed by atoms with Crippen LogP contribution < -0.4 is 15.5 Å². The van der Waals surface area contributed by atoms with Crippen LogP contribution in [-0.4, -0.2) is 41.9 Å². The van der Waals surface area contributed by atoms with Gasteiger partial charge in [0, 0.05) is 50.8 Å². The fourth-order valence-electron chi connectivity index (χ4n) is 2.42. The van der Waals surface area contributed by atoms with Gasteiger partial charge in [0.1, 0.15) is 0 Å². The summed E-state index contributed by atoms with van der Waals surface area (Å²) in [5.41, 5.74) is 2.54. The number of anilines is 2. The van der Waals surface area contributed by atoms with E-state index >= 15 is 0 Å². The van der Waals surface area contributed by atoms with Crippen molar-refractivity contribution in [2.24, 2.45) is 7.05 Å². The molecular weight excluding hydrogens is 266 g/mol. The summed E-state index contributed by atoms with van der Waals surface area (Å²) in [5.74, 6) is -0.141. The minimum absolute atomic E-state index is 0.141. The van der Waals surface area contributed by atoms with Gasteiger partial charge in [-0.05, 0) is 24.3 Å². The second-order valence-electron chi connectivity index (χ2n) is 5.14. The van der Waals surface area contributed by atoms with Gasteiger partial charge in [0.2, 0.25) is 0 Å². The number of aromatic nitrogens is 2. The number of piperazine rings is 1. The summed E-state index contributed by atoms with van der Waals surface area (Å²) in [6.45, 7) is 4.06. The highest BCUT2D eigenvalue weighted by atomic mass is 16.1. The minimum Gasteiger partial charge on any atom is -0.369 e. The molecular formula is C15H19N5O. The van der Waals surface area contributed by atoms with Crippen LogP contribution in [0.3, 0.4) is 0 Å². The number of aryl methyl sites for hydroxylation is 1. The number of carbonyl (C=O) groups is 1. The van der Waals surface area contributed by atoms with Gasteiger partial charge in [-0.1, -0.05) is 0 Å². The zero-order valence-electron chi connectivity index (χ0n) is 12.0. The highest BCUT2D eigenvalue weighted by Crippen LogP contribution is 2.18. The molecule has 110 valence electrons. The average molecular weight is 285 g/mol. The molecule has 0 saturated carbocycles. The first-order chi connectivity index (χ1) is 10.2. The number of amides is 1. The molecule has 6 heteroatoms. The van der Waals surface area contributed by atoms with Crippen molar-refractivity contribution in [1.82, 2.24) is 15.1 Å². The third kappa shape index (κ3) is 3.22. The standard InChI is InChI=1S/C15H19N5O/c1-19-11-12(10-17-19)15(21)18-13-2-4-14(5-3-13)20-8-6-16-7-9-20/h2-5,10-11,16H,6-9H2,1H3,(H,18,21). The second-order valence-corrected chi connectivity index (χ2v) is 5.14. The highest BCUT2D eigenvalue weighted by molar-refractivity contribution is 6.03. The maximum Gasteiger partial charge on any atom is 0.258 e. The molecule has 3 rings (SSSR count). The lowest BCUT2D eigenvalue weighted by atomic mass is 10.2. The van der Waals surface area contributed by atoms with Gasteiger partial charge in [-0.3, -0.25) is 9.48 Å². The van der Waals surface area contributed by atoms with E-state index in [9.17, 15) is 4.79 Å².